The largest absolute Gasteiger partial charge is 0.389 e. The third-order valence-corrected chi connectivity index (χ3v) is 6.77. The van der Waals surface area contributed by atoms with E-state index in [0.717, 1.165) is 38.6 Å². The van der Waals surface area contributed by atoms with Gasteiger partial charge in [0.1, 0.15) is 0 Å². The molecule has 2 aromatic carbocycles. The SMILES string of the molecule is C[C@@H]1[C@@H](c2ccccc2)c2ccccc2CCN1CC(O)C1(O)CCCC1. The molecular weight excluding hydrogens is 334 g/mol. The van der Waals surface area contributed by atoms with Gasteiger partial charge in [0.2, 0.25) is 0 Å². The molecule has 3 heteroatoms. The minimum Gasteiger partial charge on any atom is -0.389 e. The van der Waals surface area contributed by atoms with Crippen molar-refractivity contribution in [2.75, 3.05) is 13.1 Å². The lowest BCUT2D eigenvalue weighted by Gasteiger charge is -2.38. The van der Waals surface area contributed by atoms with E-state index in [0.29, 0.717) is 6.54 Å². The smallest absolute Gasteiger partial charge is 0.0953 e. The summed E-state index contributed by atoms with van der Waals surface area (Å²) in [5.41, 5.74) is 3.21. The zero-order valence-electron chi connectivity index (χ0n) is 16.2. The van der Waals surface area contributed by atoms with Crippen LogP contribution in [0, 0.1) is 0 Å². The lowest BCUT2D eigenvalue weighted by molar-refractivity contribution is -0.0850. The first-order valence-electron chi connectivity index (χ1n) is 10.4. The van der Waals surface area contributed by atoms with Crippen LogP contribution in [-0.4, -0.2) is 45.9 Å². The molecule has 0 bridgehead atoms. The molecule has 3 nitrogen and oxygen atoms in total. The van der Waals surface area contributed by atoms with E-state index in [1.165, 1.54) is 16.7 Å². The molecule has 2 aliphatic rings. The van der Waals surface area contributed by atoms with Crippen molar-refractivity contribution in [2.45, 2.75) is 62.7 Å². The summed E-state index contributed by atoms with van der Waals surface area (Å²) in [5.74, 6) is 0.273. The zero-order chi connectivity index (χ0) is 18.9. The fourth-order valence-corrected chi connectivity index (χ4v) is 5.09. The average Bonchev–Trinajstić information content (AvgIpc) is 3.09. The molecule has 1 fully saturated rings. The first kappa shape index (κ1) is 18.7. The third kappa shape index (κ3) is 3.69. The number of fused-ring (bicyclic) bond motifs is 1. The molecule has 1 aliphatic carbocycles. The van der Waals surface area contributed by atoms with E-state index in [4.69, 9.17) is 0 Å². The highest BCUT2D eigenvalue weighted by atomic mass is 16.3. The Hall–Kier alpha value is -1.68. The monoisotopic (exact) mass is 365 g/mol. The lowest BCUT2D eigenvalue weighted by Crippen LogP contribution is -2.50. The van der Waals surface area contributed by atoms with Gasteiger partial charge in [-0.05, 0) is 42.9 Å². The number of nitrogens with zero attached hydrogens (tertiary/aromatic N) is 1. The molecular formula is C24H31NO2. The zero-order valence-corrected chi connectivity index (χ0v) is 16.2. The normalized spacial score (nSPS) is 26.3. The van der Waals surface area contributed by atoms with Crippen molar-refractivity contribution in [2.24, 2.45) is 0 Å². The maximum absolute atomic E-state index is 10.9. The Morgan fingerprint density at radius 1 is 1.04 bits per heavy atom. The summed E-state index contributed by atoms with van der Waals surface area (Å²) in [6.07, 6.45) is 3.77. The van der Waals surface area contributed by atoms with Gasteiger partial charge in [-0.25, -0.2) is 0 Å². The van der Waals surface area contributed by atoms with Crippen LogP contribution < -0.4 is 0 Å². The predicted molar refractivity (Wildman–Crippen MR) is 109 cm³/mol. The van der Waals surface area contributed by atoms with Crippen LogP contribution in [0.2, 0.25) is 0 Å². The van der Waals surface area contributed by atoms with Crippen LogP contribution in [0.4, 0.5) is 0 Å². The molecule has 0 radical (unpaired) electrons. The molecule has 1 aliphatic heterocycles. The van der Waals surface area contributed by atoms with Crippen molar-refractivity contribution in [3.63, 3.8) is 0 Å². The molecule has 0 aromatic heterocycles. The van der Waals surface area contributed by atoms with Crippen LogP contribution in [0.5, 0.6) is 0 Å². The molecule has 27 heavy (non-hydrogen) atoms. The summed E-state index contributed by atoms with van der Waals surface area (Å²) < 4.78 is 0. The van der Waals surface area contributed by atoms with Crippen LogP contribution in [-0.2, 0) is 6.42 Å². The molecule has 1 unspecified atom stereocenters. The van der Waals surface area contributed by atoms with Crippen molar-refractivity contribution in [1.29, 1.82) is 0 Å². The molecule has 2 aromatic rings. The summed E-state index contributed by atoms with van der Waals surface area (Å²) in [4.78, 5) is 2.39. The number of rotatable bonds is 4. The highest BCUT2D eigenvalue weighted by Gasteiger charge is 2.41. The standard InChI is InChI=1S/C24H31NO2/c1-18-23(20-10-3-2-4-11-20)21-12-6-5-9-19(21)13-16-25(18)17-22(26)24(27)14-7-8-15-24/h2-6,9-12,18,22-23,26-27H,7-8,13-17H2,1H3/t18-,22?,23+/m1/s1. The van der Waals surface area contributed by atoms with Gasteiger partial charge in [-0.3, -0.25) is 4.90 Å². The van der Waals surface area contributed by atoms with Crippen molar-refractivity contribution in [3.8, 4) is 0 Å². The van der Waals surface area contributed by atoms with Crippen LogP contribution in [0.1, 0.15) is 55.2 Å². The average molecular weight is 366 g/mol. The number of β-amino-alcohol motifs (C(OH)–C–C–N with tert-alkyl or cyclic N) is 1. The van der Waals surface area contributed by atoms with Crippen LogP contribution in [0.15, 0.2) is 54.6 Å². The molecule has 1 saturated carbocycles. The highest BCUT2D eigenvalue weighted by Crippen LogP contribution is 2.37. The maximum atomic E-state index is 10.9. The fourth-order valence-electron chi connectivity index (χ4n) is 5.09. The van der Waals surface area contributed by atoms with E-state index in [1.807, 2.05) is 0 Å². The van der Waals surface area contributed by atoms with Crippen LogP contribution >= 0.6 is 0 Å². The first-order chi connectivity index (χ1) is 13.1. The maximum Gasteiger partial charge on any atom is 0.0953 e. The topological polar surface area (TPSA) is 43.7 Å². The number of benzene rings is 2. The van der Waals surface area contributed by atoms with E-state index < -0.39 is 11.7 Å². The summed E-state index contributed by atoms with van der Waals surface area (Å²) in [6, 6.07) is 19.7. The van der Waals surface area contributed by atoms with E-state index in [9.17, 15) is 10.2 Å². The highest BCUT2D eigenvalue weighted by molar-refractivity contribution is 5.40. The van der Waals surface area contributed by atoms with Gasteiger partial charge < -0.3 is 10.2 Å². The van der Waals surface area contributed by atoms with Gasteiger partial charge in [-0.1, -0.05) is 67.4 Å². The Bertz CT molecular complexity index is 754. The van der Waals surface area contributed by atoms with Gasteiger partial charge in [0, 0.05) is 25.0 Å². The minimum atomic E-state index is -0.902. The number of aliphatic hydroxyl groups excluding tert-OH is 1. The van der Waals surface area contributed by atoms with E-state index >= 15 is 0 Å². The van der Waals surface area contributed by atoms with Gasteiger partial charge >= 0.3 is 0 Å². The summed E-state index contributed by atoms with van der Waals surface area (Å²) in [7, 11) is 0. The summed E-state index contributed by atoms with van der Waals surface area (Å²) in [5, 5.41) is 21.7. The van der Waals surface area contributed by atoms with Crippen LogP contribution in [0.3, 0.4) is 0 Å². The Morgan fingerprint density at radius 2 is 1.70 bits per heavy atom. The summed E-state index contributed by atoms with van der Waals surface area (Å²) >= 11 is 0. The molecule has 4 rings (SSSR count). The second-order valence-corrected chi connectivity index (χ2v) is 8.40. The van der Waals surface area contributed by atoms with Gasteiger partial charge in [0.05, 0.1) is 11.7 Å². The molecule has 3 atom stereocenters. The van der Waals surface area contributed by atoms with E-state index in [-0.39, 0.29) is 12.0 Å². The molecule has 0 spiro atoms. The summed E-state index contributed by atoms with van der Waals surface area (Å²) in [6.45, 7) is 3.72. The van der Waals surface area contributed by atoms with Crippen molar-refractivity contribution in [3.05, 3.63) is 71.3 Å². The quantitative estimate of drug-likeness (QED) is 0.868. The predicted octanol–water partition coefficient (Wildman–Crippen LogP) is 3.73. The molecule has 0 saturated heterocycles. The van der Waals surface area contributed by atoms with Crippen LogP contribution in [0.25, 0.3) is 0 Å². The van der Waals surface area contributed by atoms with Crippen molar-refractivity contribution in [1.82, 2.24) is 4.90 Å². The Balaban J connectivity index is 1.64. The minimum absolute atomic E-state index is 0.260. The molecule has 0 amide bonds. The Morgan fingerprint density at radius 3 is 2.44 bits per heavy atom. The third-order valence-electron chi connectivity index (χ3n) is 6.77. The Labute approximate surface area is 162 Å². The number of aliphatic hydroxyl groups is 2. The van der Waals surface area contributed by atoms with Gasteiger partial charge in [-0.15, -0.1) is 0 Å². The molecule has 2 N–H and O–H groups in total. The first-order valence-corrected chi connectivity index (χ1v) is 10.4. The number of hydrogen-bond donors (Lipinski definition) is 2. The van der Waals surface area contributed by atoms with Crippen molar-refractivity contribution < 1.29 is 10.2 Å². The van der Waals surface area contributed by atoms with E-state index in [1.54, 1.807) is 0 Å². The van der Waals surface area contributed by atoms with Gasteiger partial charge in [-0.2, -0.15) is 0 Å². The fraction of sp³-hybridized carbons (Fsp3) is 0.500. The Kier molecular flexibility index (Phi) is 5.36. The molecule has 1 heterocycles. The van der Waals surface area contributed by atoms with Gasteiger partial charge in [0.25, 0.3) is 0 Å². The van der Waals surface area contributed by atoms with E-state index in [2.05, 4.69) is 66.4 Å². The lowest BCUT2D eigenvalue weighted by atomic mass is 9.83. The van der Waals surface area contributed by atoms with Gasteiger partial charge in [0.15, 0.2) is 0 Å². The van der Waals surface area contributed by atoms with Crippen molar-refractivity contribution >= 4 is 0 Å². The second kappa shape index (κ2) is 7.75. The molecule has 144 valence electrons. The second-order valence-electron chi connectivity index (χ2n) is 8.40. The number of hydrogen-bond acceptors (Lipinski definition) is 3.